The Labute approximate surface area is 183 Å². The van der Waals surface area contributed by atoms with Crippen LogP contribution in [0.25, 0.3) is 12.2 Å². The zero-order valence-electron chi connectivity index (χ0n) is 18.9. The summed E-state index contributed by atoms with van der Waals surface area (Å²) in [6.45, 7) is 0.909. The second kappa shape index (κ2) is 12.4. The van der Waals surface area contributed by atoms with Crippen molar-refractivity contribution in [2.75, 3.05) is 55.9 Å². The van der Waals surface area contributed by atoms with Gasteiger partial charge in [-0.05, 0) is 35.4 Å². The van der Waals surface area contributed by atoms with Crippen LogP contribution in [0.4, 0.5) is 0 Å². The lowest BCUT2D eigenvalue weighted by molar-refractivity contribution is 0.195. The first-order valence-electron chi connectivity index (χ1n) is 9.62. The minimum atomic E-state index is 0.455. The van der Waals surface area contributed by atoms with Gasteiger partial charge in [-0.1, -0.05) is 24.3 Å². The van der Waals surface area contributed by atoms with Crippen molar-refractivity contribution in [1.82, 2.24) is 0 Å². The molecule has 0 fully saturated rings. The third-order valence-electron chi connectivity index (χ3n) is 4.42. The molecule has 0 saturated heterocycles. The van der Waals surface area contributed by atoms with Crippen LogP contribution in [-0.2, 0) is 4.74 Å². The Balaban J connectivity index is 1.94. The van der Waals surface area contributed by atoms with Crippen molar-refractivity contribution >= 4 is 12.2 Å². The normalized spacial score (nSPS) is 11.0. The van der Waals surface area contributed by atoms with Crippen molar-refractivity contribution < 1.29 is 33.2 Å². The molecule has 2 aromatic carbocycles. The molecule has 0 heterocycles. The largest absolute Gasteiger partial charge is 0.493 e. The molecule has 0 atom stereocenters. The lowest BCUT2D eigenvalue weighted by Crippen LogP contribution is -1.96. The highest BCUT2D eigenvalue weighted by molar-refractivity contribution is 5.63. The average Bonchev–Trinajstić information content (AvgIpc) is 2.81. The standard InChI is InChI=1S/C24H30O7/c1-25-19-13-17(14-20(26-2)23(19)29-5)9-7-11-31-12-8-10-18-15-21(27-3)24(30-6)22(16-18)28-4/h7-10,13-16H,11-12H2,1-6H3. The van der Waals surface area contributed by atoms with E-state index in [9.17, 15) is 0 Å². The van der Waals surface area contributed by atoms with Crippen LogP contribution >= 0.6 is 0 Å². The number of methoxy groups -OCH3 is 6. The lowest BCUT2D eigenvalue weighted by atomic mass is 10.1. The molecule has 0 amide bonds. The first-order chi connectivity index (χ1) is 15.1. The molecular formula is C24H30O7. The molecule has 7 heteroatoms. The predicted octanol–water partition coefficient (Wildman–Crippen LogP) is 4.48. The molecule has 2 rings (SSSR count). The first kappa shape index (κ1) is 24.0. The molecule has 0 aliphatic rings. The van der Waals surface area contributed by atoms with Gasteiger partial charge in [0.05, 0.1) is 55.9 Å². The van der Waals surface area contributed by atoms with E-state index in [2.05, 4.69) is 0 Å². The summed E-state index contributed by atoms with van der Waals surface area (Å²) in [5.74, 6) is 3.56. The van der Waals surface area contributed by atoms with E-state index in [0.29, 0.717) is 47.7 Å². The van der Waals surface area contributed by atoms with Gasteiger partial charge in [0.25, 0.3) is 0 Å². The van der Waals surface area contributed by atoms with Crippen LogP contribution in [0.15, 0.2) is 36.4 Å². The quantitative estimate of drug-likeness (QED) is 0.460. The van der Waals surface area contributed by atoms with Crippen LogP contribution < -0.4 is 28.4 Å². The van der Waals surface area contributed by atoms with Gasteiger partial charge in [-0.25, -0.2) is 0 Å². The molecule has 0 radical (unpaired) electrons. The summed E-state index contributed by atoms with van der Waals surface area (Å²) >= 11 is 0. The molecule has 0 aliphatic heterocycles. The number of hydrogen-bond acceptors (Lipinski definition) is 7. The number of ether oxygens (including phenoxy) is 7. The lowest BCUT2D eigenvalue weighted by Gasteiger charge is -2.12. The van der Waals surface area contributed by atoms with Crippen molar-refractivity contribution in [3.8, 4) is 34.5 Å². The first-order valence-corrected chi connectivity index (χ1v) is 9.62. The van der Waals surface area contributed by atoms with Crippen LogP contribution in [0.1, 0.15) is 11.1 Å². The zero-order valence-corrected chi connectivity index (χ0v) is 18.9. The van der Waals surface area contributed by atoms with E-state index in [4.69, 9.17) is 33.2 Å². The maximum absolute atomic E-state index is 5.65. The summed E-state index contributed by atoms with van der Waals surface area (Å²) in [7, 11) is 9.52. The van der Waals surface area contributed by atoms with E-state index in [0.717, 1.165) is 11.1 Å². The summed E-state index contributed by atoms with van der Waals surface area (Å²) in [5.41, 5.74) is 1.84. The minimum absolute atomic E-state index is 0.455. The van der Waals surface area contributed by atoms with Crippen LogP contribution in [0.3, 0.4) is 0 Å². The van der Waals surface area contributed by atoms with Crippen LogP contribution in [-0.4, -0.2) is 55.9 Å². The summed E-state index contributed by atoms with van der Waals surface area (Å²) in [5, 5.41) is 0. The molecule has 0 N–H and O–H groups in total. The molecule has 0 bridgehead atoms. The zero-order chi connectivity index (χ0) is 22.6. The molecule has 2 aromatic rings. The van der Waals surface area contributed by atoms with E-state index in [1.807, 2.05) is 48.6 Å². The molecular weight excluding hydrogens is 400 g/mol. The number of rotatable bonds is 12. The third kappa shape index (κ3) is 6.33. The summed E-state index contributed by atoms with van der Waals surface area (Å²) < 4.78 is 37.8. The Morgan fingerprint density at radius 1 is 0.516 bits per heavy atom. The van der Waals surface area contributed by atoms with Gasteiger partial charge < -0.3 is 33.2 Å². The summed E-state index contributed by atoms with van der Waals surface area (Å²) in [4.78, 5) is 0. The Morgan fingerprint density at radius 3 is 1.10 bits per heavy atom. The van der Waals surface area contributed by atoms with Gasteiger partial charge in [0.2, 0.25) is 11.5 Å². The molecule has 0 aliphatic carbocycles. The van der Waals surface area contributed by atoms with Gasteiger partial charge in [-0.3, -0.25) is 0 Å². The fourth-order valence-electron chi connectivity index (χ4n) is 2.97. The van der Waals surface area contributed by atoms with E-state index >= 15 is 0 Å². The van der Waals surface area contributed by atoms with Gasteiger partial charge in [-0.2, -0.15) is 0 Å². The highest BCUT2D eigenvalue weighted by atomic mass is 16.5. The van der Waals surface area contributed by atoms with Crippen LogP contribution in [0.5, 0.6) is 34.5 Å². The Hall–Kier alpha value is -3.32. The smallest absolute Gasteiger partial charge is 0.203 e. The van der Waals surface area contributed by atoms with Gasteiger partial charge in [0.1, 0.15) is 0 Å². The third-order valence-corrected chi connectivity index (χ3v) is 4.42. The van der Waals surface area contributed by atoms with Crippen LogP contribution in [0, 0.1) is 0 Å². The maximum atomic E-state index is 5.65. The Bertz CT molecular complexity index is 779. The van der Waals surface area contributed by atoms with E-state index in [-0.39, 0.29) is 0 Å². The predicted molar refractivity (Wildman–Crippen MR) is 121 cm³/mol. The van der Waals surface area contributed by atoms with Crippen molar-refractivity contribution in [1.29, 1.82) is 0 Å². The van der Waals surface area contributed by atoms with E-state index in [1.54, 1.807) is 42.7 Å². The summed E-state index contributed by atoms with van der Waals surface area (Å²) in [6.07, 6.45) is 7.72. The maximum Gasteiger partial charge on any atom is 0.203 e. The van der Waals surface area contributed by atoms with Gasteiger partial charge in [0, 0.05) is 0 Å². The highest BCUT2D eigenvalue weighted by Crippen LogP contribution is 2.39. The minimum Gasteiger partial charge on any atom is -0.493 e. The number of hydrogen-bond donors (Lipinski definition) is 0. The van der Waals surface area contributed by atoms with Gasteiger partial charge in [0.15, 0.2) is 23.0 Å². The van der Waals surface area contributed by atoms with Gasteiger partial charge >= 0.3 is 0 Å². The fraction of sp³-hybridized carbons (Fsp3) is 0.333. The SMILES string of the molecule is COc1cc(C=CCOCC=Cc2cc(OC)c(OC)c(OC)c2)cc(OC)c1OC. The van der Waals surface area contributed by atoms with Crippen molar-refractivity contribution in [3.63, 3.8) is 0 Å². The molecule has 0 unspecified atom stereocenters. The summed E-state index contributed by atoms with van der Waals surface area (Å²) in [6, 6.07) is 7.51. The second-order valence-electron chi connectivity index (χ2n) is 6.26. The van der Waals surface area contributed by atoms with Crippen molar-refractivity contribution in [2.24, 2.45) is 0 Å². The Morgan fingerprint density at radius 2 is 0.839 bits per heavy atom. The molecule has 168 valence electrons. The van der Waals surface area contributed by atoms with Gasteiger partial charge in [-0.15, -0.1) is 0 Å². The molecule has 0 saturated carbocycles. The molecule has 31 heavy (non-hydrogen) atoms. The van der Waals surface area contributed by atoms with E-state index < -0.39 is 0 Å². The Kier molecular flexibility index (Phi) is 9.58. The molecule has 0 aromatic heterocycles. The topological polar surface area (TPSA) is 64.6 Å². The molecule has 7 nitrogen and oxygen atoms in total. The van der Waals surface area contributed by atoms with Crippen molar-refractivity contribution in [2.45, 2.75) is 0 Å². The molecule has 0 spiro atoms. The van der Waals surface area contributed by atoms with E-state index in [1.165, 1.54) is 0 Å². The fourth-order valence-corrected chi connectivity index (χ4v) is 2.97. The number of benzene rings is 2. The monoisotopic (exact) mass is 430 g/mol. The second-order valence-corrected chi connectivity index (χ2v) is 6.26. The van der Waals surface area contributed by atoms with Crippen molar-refractivity contribution in [3.05, 3.63) is 47.5 Å². The van der Waals surface area contributed by atoms with Crippen LogP contribution in [0.2, 0.25) is 0 Å². The highest BCUT2D eigenvalue weighted by Gasteiger charge is 2.12. The average molecular weight is 430 g/mol.